The summed E-state index contributed by atoms with van der Waals surface area (Å²) >= 11 is 0. The van der Waals surface area contributed by atoms with E-state index in [1.165, 1.54) is 5.69 Å². The Morgan fingerprint density at radius 3 is 2.38 bits per heavy atom. The van der Waals surface area contributed by atoms with Crippen molar-refractivity contribution in [2.45, 2.75) is 6.29 Å². The zero-order chi connectivity index (χ0) is 18.1. The van der Waals surface area contributed by atoms with Crippen LogP contribution in [0.25, 0.3) is 0 Å². The number of nitrogens with two attached hydrogens (primary N) is 1. The fraction of sp³-hybridized carbons (Fsp3) is 0.368. The molecule has 3 N–H and O–H groups in total. The molecule has 0 amide bonds. The maximum atomic E-state index is 5.92. The van der Waals surface area contributed by atoms with Gasteiger partial charge in [-0.25, -0.2) is 0 Å². The third-order valence-electron chi connectivity index (χ3n) is 5.06. The Labute approximate surface area is 154 Å². The maximum absolute atomic E-state index is 5.92. The highest BCUT2D eigenvalue weighted by molar-refractivity contribution is 5.79. The monoisotopic (exact) mass is 351 g/mol. The summed E-state index contributed by atoms with van der Waals surface area (Å²) in [5, 5.41) is 12.4. The van der Waals surface area contributed by atoms with E-state index in [0.29, 0.717) is 0 Å². The Balaban J connectivity index is 1.48. The van der Waals surface area contributed by atoms with Gasteiger partial charge in [0.25, 0.3) is 0 Å². The second kappa shape index (κ2) is 6.84. The molecule has 7 heteroatoms. The van der Waals surface area contributed by atoms with E-state index >= 15 is 0 Å². The van der Waals surface area contributed by atoms with Crippen LogP contribution in [0.2, 0.25) is 0 Å². The van der Waals surface area contributed by atoms with Crippen molar-refractivity contribution in [2.75, 3.05) is 60.7 Å². The molecule has 0 radical (unpaired) electrons. The van der Waals surface area contributed by atoms with Crippen molar-refractivity contribution in [3.63, 3.8) is 0 Å². The van der Waals surface area contributed by atoms with Crippen molar-refractivity contribution in [1.29, 1.82) is 0 Å². The van der Waals surface area contributed by atoms with Crippen LogP contribution in [0.5, 0.6) is 0 Å². The molecule has 0 spiro atoms. The number of azo groups is 1. The Hall–Kier alpha value is -2.80. The van der Waals surface area contributed by atoms with Crippen molar-refractivity contribution in [3.05, 3.63) is 42.5 Å². The summed E-state index contributed by atoms with van der Waals surface area (Å²) < 4.78 is 0. The molecule has 1 unspecified atom stereocenters. The second-order valence-corrected chi connectivity index (χ2v) is 6.79. The average Bonchev–Trinajstić information content (AvgIpc) is 2.91. The third-order valence-corrected chi connectivity index (χ3v) is 5.06. The lowest BCUT2D eigenvalue weighted by molar-refractivity contribution is 0.589. The van der Waals surface area contributed by atoms with Gasteiger partial charge >= 0.3 is 0 Å². The van der Waals surface area contributed by atoms with Gasteiger partial charge in [0.2, 0.25) is 6.29 Å². The number of nitrogens with one attached hydrogen (secondary N) is 1. The summed E-state index contributed by atoms with van der Waals surface area (Å²) in [7, 11) is 4.04. The van der Waals surface area contributed by atoms with Gasteiger partial charge in [-0.05, 0) is 42.5 Å². The highest BCUT2D eigenvalue weighted by atomic mass is 15.5. The van der Waals surface area contributed by atoms with Crippen LogP contribution in [0.1, 0.15) is 0 Å². The molecule has 0 bridgehead atoms. The van der Waals surface area contributed by atoms with E-state index in [1.807, 2.05) is 44.4 Å². The molecular weight excluding hydrogens is 326 g/mol. The molecule has 7 nitrogen and oxygen atoms in total. The van der Waals surface area contributed by atoms with Gasteiger partial charge in [0, 0.05) is 51.6 Å². The molecule has 4 rings (SSSR count). The van der Waals surface area contributed by atoms with E-state index in [-0.39, 0.29) is 6.29 Å². The first-order valence-corrected chi connectivity index (χ1v) is 8.95. The van der Waals surface area contributed by atoms with E-state index < -0.39 is 0 Å². The average molecular weight is 351 g/mol. The van der Waals surface area contributed by atoms with Crippen LogP contribution in [0.3, 0.4) is 0 Å². The SMILES string of the molecule is CN1c2ccc(N)cc2N(C)C1N=Nc1ccc(N2CCNCC2)cc1. The molecule has 1 saturated heterocycles. The molecule has 1 fully saturated rings. The molecule has 0 saturated carbocycles. The number of anilines is 4. The minimum absolute atomic E-state index is 0.167. The lowest BCUT2D eigenvalue weighted by atomic mass is 10.2. The van der Waals surface area contributed by atoms with Crippen molar-refractivity contribution in [2.24, 2.45) is 10.2 Å². The smallest absolute Gasteiger partial charge is 0.218 e. The van der Waals surface area contributed by atoms with Gasteiger partial charge in [0.05, 0.1) is 17.1 Å². The first-order chi connectivity index (χ1) is 12.6. The summed E-state index contributed by atoms with van der Waals surface area (Å²) in [4.78, 5) is 6.58. The fourth-order valence-corrected chi connectivity index (χ4v) is 3.56. The molecule has 0 aliphatic carbocycles. The Kier molecular flexibility index (Phi) is 4.38. The topological polar surface area (TPSA) is 72.5 Å². The molecule has 26 heavy (non-hydrogen) atoms. The molecular formula is C19H25N7. The van der Waals surface area contributed by atoms with Gasteiger partial charge in [-0.2, -0.15) is 5.11 Å². The zero-order valence-electron chi connectivity index (χ0n) is 15.3. The van der Waals surface area contributed by atoms with E-state index in [1.54, 1.807) is 0 Å². The van der Waals surface area contributed by atoms with Crippen LogP contribution < -0.4 is 25.8 Å². The number of hydrogen-bond acceptors (Lipinski definition) is 7. The Morgan fingerprint density at radius 1 is 0.962 bits per heavy atom. The first kappa shape index (κ1) is 16.7. The van der Waals surface area contributed by atoms with Gasteiger partial charge in [-0.3, -0.25) is 0 Å². The molecule has 2 aromatic rings. The number of piperazine rings is 1. The summed E-state index contributed by atoms with van der Waals surface area (Å²) in [5.41, 5.74) is 11.0. The van der Waals surface area contributed by atoms with Crippen molar-refractivity contribution in [3.8, 4) is 0 Å². The summed E-state index contributed by atoms with van der Waals surface area (Å²) in [6.45, 7) is 4.15. The van der Waals surface area contributed by atoms with Crippen LogP contribution in [0, 0.1) is 0 Å². The summed E-state index contributed by atoms with van der Waals surface area (Å²) in [6.07, 6.45) is -0.167. The Bertz CT molecular complexity index is 796. The molecule has 0 aromatic heterocycles. The zero-order valence-corrected chi connectivity index (χ0v) is 15.3. The van der Waals surface area contributed by atoms with Gasteiger partial charge < -0.3 is 25.8 Å². The minimum atomic E-state index is -0.167. The molecule has 2 aliphatic heterocycles. The van der Waals surface area contributed by atoms with Gasteiger partial charge in [0.15, 0.2) is 0 Å². The van der Waals surface area contributed by atoms with Crippen LogP contribution in [0.15, 0.2) is 52.7 Å². The van der Waals surface area contributed by atoms with E-state index in [4.69, 9.17) is 5.73 Å². The number of hydrogen-bond donors (Lipinski definition) is 2. The normalized spacial score (nSPS) is 20.1. The summed E-state index contributed by atoms with van der Waals surface area (Å²) in [6, 6.07) is 14.2. The van der Waals surface area contributed by atoms with Gasteiger partial charge in [0.1, 0.15) is 0 Å². The maximum Gasteiger partial charge on any atom is 0.218 e. The number of nitrogen functional groups attached to an aromatic ring is 1. The first-order valence-electron chi connectivity index (χ1n) is 8.95. The summed E-state index contributed by atoms with van der Waals surface area (Å²) in [5.74, 6) is 0. The van der Waals surface area contributed by atoms with Gasteiger partial charge in [-0.15, -0.1) is 5.11 Å². The van der Waals surface area contributed by atoms with Crippen LogP contribution >= 0.6 is 0 Å². The predicted octanol–water partition coefficient (Wildman–Crippen LogP) is 2.63. The highest BCUT2D eigenvalue weighted by Crippen LogP contribution is 2.39. The molecule has 2 heterocycles. The molecule has 1 atom stereocenters. The van der Waals surface area contributed by atoms with E-state index in [2.05, 4.69) is 42.4 Å². The second-order valence-electron chi connectivity index (χ2n) is 6.79. The quantitative estimate of drug-likeness (QED) is 0.657. The van der Waals surface area contributed by atoms with Gasteiger partial charge in [-0.1, -0.05) is 0 Å². The fourth-order valence-electron chi connectivity index (χ4n) is 3.56. The Morgan fingerprint density at radius 2 is 1.65 bits per heavy atom. The largest absolute Gasteiger partial charge is 0.399 e. The van der Waals surface area contributed by atoms with E-state index in [9.17, 15) is 0 Å². The van der Waals surface area contributed by atoms with Crippen molar-refractivity contribution in [1.82, 2.24) is 5.32 Å². The van der Waals surface area contributed by atoms with Crippen molar-refractivity contribution >= 4 is 28.4 Å². The highest BCUT2D eigenvalue weighted by Gasteiger charge is 2.31. The third kappa shape index (κ3) is 3.06. The standard InChI is InChI=1S/C19H25N7/c1-24-17-8-3-14(20)13-18(17)25(2)19(24)23-22-15-4-6-16(7-5-15)26-11-9-21-10-12-26/h3-8,13,19,21H,9-12,20H2,1-2H3. The number of fused-ring (bicyclic) bond motifs is 1. The molecule has 136 valence electrons. The lowest BCUT2D eigenvalue weighted by Gasteiger charge is -2.29. The van der Waals surface area contributed by atoms with Crippen LogP contribution in [0.4, 0.5) is 28.4 Å². The lowest BCUT2D eigenvalue weighted by Crippen LogP contribution is -2.43. The minimum Gasteiger partial charge on any atom is -0.399 e. The number of benzene rings is 2. The molecule has 2 aromatic carbocycles. The van der Waals surface area contributed by atoms with Crippen LogP contribution in [-0.4, -0.2) is 46.6 Å². The number of rotatable bonds is 3. The van der Waals surface area contributed by atoms with Crippen molar-refractivity contribution < 1.29 is 0 Å². The van der Waals surface area contributed by atoms with Crippen LogP contribution in [-0.2, 0) is 0 Å². The van der Waals surface area contributed by atoms with E-state index in [0.717, 1.165) is 48.9 Å². The molecule has 2 aliphatic rings. The number of nitrogens with zero attached hydrogens (tertiary/aromatic N) is 5. The predicted molar refractivity (Wildman–Crippen MR) is 107 cm³/mol.